The van der Waals surface area contributed by atoms with E-state index in [0.29, 0.717) is 0 Å². The lowest BCUT2D eigenvalue weighted by Crippen LogP contribution is -2.29. The Labute approximate surface area is 115 Å². The highest BCUT2D eigenvalue weighted by Crippen LogP contribution is 2.46. The van der Waals surface area contributed by atoms with Crippen molar-refractivity contribution in [2.75, 3.05) is 0 Å². The average molecular weight is 249 g/mol. The molecule has 18 heavy (non-hydrogen) atoms. The number of fused-ring (bicyclic) bond motifs is 1. The van der Waals surface area contributed by atoms with Gasteiger partial charge in [0, 0.05) is 0 Å². The van der Waals surface area contributed by atoms with Gasteiger partial charge in [0.2, 0.25) is 0 Å². The van der Waals surface area contributed by atoms with Gasteiger partial charge >= 0.3 is 0 Å². The molecule has 0 spiro atoms. The van der Waals surface area contributed by atoms with Crippen molar-refractivity contribution in [3.63, 3.8) is 0 Å². The van der Waals surface area contributed by atoms with E-state index in [0.717, 1.165) is 11.8 Å². The van der Waals surface area contributed by atoms with Crippen LogP contribution in [0.3, 0.4) is 0 Å². The summed E-state index contributed by atoms with van der Waals surface area (Å²) in [5.41, 5.74) is 0. The summed E-state index contributed by atoms with van der Waals surface area (Å²) >= 11 is 0. The van der Waals surface area contributed by atoms with Crippen molar-refractivity contribution in [1.82, 2.24) is 0 Å². The van der Waals surface area contributed by atoms with Gasteiger partial charge in [0.15, 0.2) is 0 Å². The first-order valence-corrected chi connectivity index (χ1v) is 8.76. The molecule has 0 heteroatoms. The maximum absolute atomic E-state index is 2.31. The molecule has 0 aromatic rings. The van der Waals surface area contributed by atoms with Gasteiger partial charge < -0.3 is 0 Å². The van der Waals surface area contributed by atoms with E-state index in [4.69, 9.17) is 0 Å². The molecule has 1 radical (unpaired) electrons. The van der Waals surface area contributed by atoms with E-state index in [1.807, 2.05) is 5.92 Å². The fourth-order valence-electron chi connectivity index (χ4n) is 4.31. The maximum Gasteiger partial charge on any atom is -0.0207 e. The van der Waals surface area contributed by atoms with Crippen LogP contribution in [-0.2, 0) is 0 Å². The van der Waals surface area contributed by atoms with Crippen LogP contribution in [-0.4, -0.2) is 0 Å². The quantitative estimate of drug-likeness (QED) is 0.464. The largest absolute Gasteiger partial charge is 0.0654 e. The van der Waals surface area contributed by atoms with Crippen LogP contribution < -0.4 is 0 Å². The zero-order valence-electron chi connectivity index (χ0n) is 12.6. The van der Waals surface area contributed by atoms with Gasteiger partial charge in [-0.3, -0.25) is 0 Å². The molecule has 0 aromatic heterocycles. The highest BCUT2D eigenvalue weighted by Gasteiger charge is 2.34. The van der Waals surface area contributed by atoms with Crippen LogP contribution in [0.4, 0.5) is 0 Å². The van der Waals surface area contributed by atoms with E-state index in [-0.39, 0.29) is 0 Å². The summed E-state index contributed by atoms with van der Waals surface area (Å²) in [4.78, 5) is 0. The molecule has 2 atom stereocenters. The topological polar surface area (TPSA) is 0 Å². The molecule has 2 aliphatic carbocycles. The van der Waals surface area contributed by atoms with Gasteiger partial charge in [0.1, 0.15) is 0 Å². The molecule has 0 heterocycles. The van der Waals surface area contributed by atoms with Crippen LogP contribution in [0.5, 0.6) is 0 Å². The van der Waals surface area contributed by atoms with E-state index in [1.54, 1.807) is 12.8 Å². The van der Waals surface area contributed by atoms with Crippen LogP contribution in [0.25, 0.3) is 0 Å². The zero-order chi connectivity index (χ0) is 12.6. The molecule has 105 valence electrons. The summed E-state index contributed by atoms with van der Waals surface area (Å²) in [7, 11) is 0. The first kappa shape index (κ1) is 14.4. The third kappa shape index (κ3) is 4.28. The average Bonchev–Trinajstić information content (AvgIpc) is 2.43. The molecule has 0 nitrogen and oxygen atoms in total. The molecule has 0 aliphatic heterocycles. The van der Waals surface area contributed by atoms with E-state index in [2.05, 4.69) is 6.92 Å². The summed E-state index contributed by atoms with van der Waals surface area (Å²) in [6, 6.07) is 0. The lowest BCUT2D eigenvalue weighted by Gasteiger charge is -2.41. The summed E-state index contributed by atoms with van der Waals surface area (Å²) in [5.74, 6) is 4.15. The highest BCUT2D eigenvalue weighted by molar-refractivity contribution is 5.03. The van der Waals surface area contributed by atoms with Crippen molar-refractivity contribution < 1.29 is 0 Å². The Bertz CT molecular complexity index is 206. The number of rotatable bonds is 7. The summed E-state index contributed by atoms with van der Waals surface area (Å²) in [5, 5.41) is 0. The fraction of sp³-hybridized carbons (Fsp3) is 0.944. The van der Waals surface area contributed by atoms with Crippen LogP contribution in [0.1, 0.15) is 96.8 Å². The minimum absolute atomic E-state index is 1.06. The Morgan fingerprint density at radius 3 is 2.44 bits per heavy atom. The van der Waals surface area contributed by atoms with Crippen molar-refractivity contribution >= 4 is 0 Å². The molecule has 2 saturated carbocycles. The molecule has 2 unspecified atom stereocenters. The molecule has 0 aromatic carbocycles. The molecule has 0 amide bonds. The highest BCUT2D eigenvalue weighted by atomic mass is 14.4. The zero-order valence-corrected chi connectivity index (χ0v) is 12.6. The van der Waals surface area contributed by atoms with Gasteiger partial charge in [-0.2, -0.15) is 0 Å². The fourth-order valence-corrected chi connectivity index (χ4v) is 4.31. The Morgan fingerprint density at radius 2 is 1.56 bits per heavy atom. The summed E-state index contributed by atoms with van der Waals surface area (Å²) < 4.78 is 0. The van der Waals surface area contributed by atoms with Crippen molar-refractivity contribution in [3.05, 3.63) is 5.92 Å². The number of unbranched alkanes of at least 4 members (excludes halogenated alkanes) is 5. The SMILES string of the molecule is CCCCCCCC[C]1CCCC2CCCCC12. The minimum atomic E-state index is 1.06. The Morgan fingerprint density at radius 1 is 0.833 bits per heavy atom. The number of hydrogen-bond acceptors (Lipinski definition) is 0. The second-order valence-corrected chi connectivity index (χ2v) is 6.72. The lowest BCUT2D eigenvalue weighted by atomic mass is 9.64. The third-order valence-corrected chi connectivity index (χ3v) is 5.36. The van der Waals surface area contributed by atoms with E-state index in [9.17, 15) is 0 Å². The van der Waals surface area contributed by atoms with Crippen LogP contribution >= 0.6 is 0 Å². The summed E-state index contributed by atoms with van der Waals surface area (Å²) in [6.45, 7) is 2.31. The van der Waals surface area contributed by atoms with Gasteiger partial charge in [-0.25, -0.2) is 0 Å². The van der Waals surface area contributed by atoms with Gasteiger partial charge in [-0.05, 0) is 37.0 Å². The molecule has 2 rings (SSSR count). The smallest absolute Gasteiger partial charge is 0.0207 e. The molecule has 0 saturated heterocycles. The Kier molecular flexibility index (Phi) is 6.59. The van der Waals surface area contributed by atoms with E-state index in [1.165, 1.54) is 77.0 Å². The maximum atomic E-state index is 2.31. The Balaban J connectivity index is 1.62. The van der Waals surface area contributed by atoms with Crippen LogP contribution in [0, 0.1) is 17.8 Å². The second kappa shape index (κ2) is 8.23. The van der Waals surface area contributed by atoms with E-state index >= 15 is 0 Å². The molecule has 0 bridgehead atoms. The first-order valence-electron chi connectivity index (χ1n) is 8.76. The predicted molar refractivity (Wildman–Crippen MR) is 80.5 cm³/mol. The Hall–Kier alpha value is 0. The van der Waals surface area contributed by atoms with Gasteiger partial charge in [0.25, 0.3) is 0 Å². The van der Waals surface area contributed by atoms with Crippen molar-refractivity contribution in [2.45, 2.75) is 96.8 Å². The van der Waals surface area contributed by atoms with Crippen molar-refractivity contribution in [3.8, 4) is 0 Å². The summed E-state index contributed by atoms with van der Waals surface area (Å²) in [6.07, 6.45) is 20.9. The van der Waals surface area contributed by atoms with Crippen LogP contribution in [0.2, 0.25) is 0 Å². The van der Waals surface area contributed by atoms with Crippen molar-refractivity contribution in [2.24, 2.45) is 11.8 Å². The predicted octanol–water partition coefficient (Wildman–Crippen LogP) is 6.30. The van der Waals surface area contributed by atoms with Gasteiger partial charge in [-0.1, -0.05) is 77.6 Å². The normalized spacial score (nSPS) is 29.2. The lowest BCUT2D eigenvalue weighted by molar-refractivity contribution is 0.185. The third-order valence-electron chi connectivity index (χ3n) is 5.36. The molecule has 2 aliphatic rings. The molecule has 2 fully saturated rings. The van der Waals surface area contributed by atoms with Gasteiger partial charge in [0.05, 0.1) is 0 Å². The molecular weight excluding hydrogens is 216 g/mol. The number of hydrogen-bond donors (Lipinski definition) is 0. The van der Waals surface area contributed by atoms with Gasteiger partial charge in [-0.15, -0.1) is 0 Å². The minimum Gasteiger partial charge on any atom is -0.0654 e. The standard InChI is InChI=1S/C18H33/c1-2-3-4-5-6-7-11-16-13-10-14-17-12-8-9-15-18(16)17/h17-18H,2-15H2,1H3. The van der Waals surface area contributed by atoms with Crippen LogP contribution in [0.15, 0.2) is 0 Å². The monoisotopic (exact) mass is 249 g/mol. The molecular formula is C18H33. The first-order chi connectivity index (χ1) is 8.92. The van der Waals surface area contributed by atoms with E-state index < -0.39 is 0 Å². The van der Waals surface area contributed by atoms with Crippen molar-refractivity contribution in [1.29, 1.82) is 0 Å². The second-order valence-electron chi connectivity index (χ2n) is 6.72. The molecule has 0 N–H and O–H groups in total.